The molecular weight excluding hydrogens is 370 g/mol. The standard InChI is InChI=1S/C27H47NO2/c1-2-3-4-5-6-7-8-9-10-11-12-13-14-15-16-17-22-26(27(28)30)25-21-19-18-20-24(25)23-29/h18-21,26,29H,2-17,22-23H2,1H3,(H2,28,30). The molecule has 0 spiro atoms. The SMILES string of the molecule is CCCCCCCCCCCCCCCCCCC(C(N)=O)c1ccccc1CO. The Balaban J connectivity index is 1.99. The normalized spacial score (nSPS) is 12.2. The van der Waals surface area contributed by atoms with Crippen molar-refractivity contribution in [2.75, 3.05) is 0 Å². The lowest BCUT2D eigenvalue weighted by Crippen LogP contribution is -2.22. The topological polar surface area (TPSA) is 63.3 Å². The van der Waals surface area contributed by atoms with E-state index in [0.29, 0.717) is 0 Å². The van der Waals surface area contributed by atoms with E-state index in [2.05, 4.69) is 6.92 Å². The molecule has 0 bridgehead atoms. The van der Waals surface area contributed by atoms with E-state index in [1.54, 1.807) is 0 Å². The molecule has 30 heavy (non-hydrogen) atoms. The second-order valence-corrected chi connectivity index (χ2v) is 8.90. The maximum absolute atomic E-state index is 11.9. The van der Waals surface area contributed by atoms with E-state index in [1.165, 1.54) is 89.9 Å². The van der Waals surface area contributed by atoms with Gasteiger partial charge in [-0.2, -0.15) is 0 Å². The van der Waals surface area contributed by atoms with Crippen molar-refractivity contribution >= 4 is 5.91 Å². The van der Waals surface area contributed by atoms with Crippen LogP contribution in [0.15, 0.2) is 24.3 Å². The molecule has 0 radical (unpaired) electrons. The molecule has 0 fully saturated rings. The van der Waals surface area contributed by atoms with Crippen LogP contribution >= 0.6 is 0 Å². The summed E-state index contributed by atoms with van der Waals surface area (Å²) in [4.78, 5) is 11.9. The van der Waals surface area contributed by atoms with Crippen LogP contribution in [-0.4, -0.2) is 11.0 Å². The van der Waals surface area contributed by atoms with Crippen LogP contribution < -0.4 is 5.73 Å². The van der Waals surface area contributed by atoms with E-state index in [9.17, 15) is 9.90 Å². The predicted octanol–water partition coefficient (Wildman–Crippen LogP) is 7.40. The van der Waals surface area contributed by atoms with Crippen LogP contribution in [0.1, 0.15) is 133 Å². The minimum Gasteiger partial charge on any atom is -0.392 e. The Bertz CT molecular complexity index is 543. The van der Waals surface area contributed by atoms with Crippen LogP contribution in [0.4, 0.5) is 0 Å². The first-order valence-electron chi connectivity index (χ1n) is 12.7. The summed E-state index contributed by atoms with van der Waals surface area (Å²) >= 11 is 0. The fourth-order valence-corrected chi connectivity index (χ4v) is 4.37. The summed E-state index contributed by atoms with van der Waals surface area (Å²) in [5.74, 6) is -0.558. The van der Waals surface area contributed by atoms with Crippen LogP contribution in [0.5, 0.6) is 0 Å². The summed E-state index contributed by atoms with van der Waals surface area (Å²) in [6.45, 7) is 2.23. The number of aliphatic hydroxyl groups excluding tert-OH is 1. The van der Waals surface area contributed by atoms with Gasteiger partial charge in [0.2, 0.25) is 5.91 Å². The van der Waals surface area contributed by atoms with E-state index >= 15 is 0 Å². The van der Waals surface area contributed by atoms with Crippen molar-refractivity contribution < 1.29 is 9.90 Å². The molecule has 1 unspecified atom stereocenters. The fourth-order valence-electron chi connectivity index (χ4n) is 4.37. The maximum atomic E-state index is 11.9. The van der Waals surface area contributed by atoms with Gasteiger partial charge in [-0.1, -0.05) is 134 Å². The van der Waals surface area contributed by atoms with Crippen molar-refractivity contribution in [1.82, 2.24) is 0 Å². The largest absolute Gasteiger partial charge is 0.392 e. The van der Waals surface area contributed by atoms with Crippen LogP contribution in [0.3, 0.4) is 0 Å². The summed E-state index contributed by atoms with van der Waals surface area (Å²) in [5, 5.41) is 9.51. The molecule has 1 amide bonds. The number of nitrogens with two attached hydrogens (primary N) is 1. The molecule has 0 saturated carbocycles. The van der Waals surface area contributed by atoms with Gasteiger partial charge in [-0.05, 0) is 17.5 Å². The number of hydrogen-bond donors (Lipinski definition) is 2. The third-order valence-electron chi connectivity index (χ3n) is 6.29. The zero-order valence-electron chi connectivity index (χ0n) is 19.5. The highest BCUT2D eigenvalue weighted by atomic mass is 16.3. The van der Waals surface area contributed by atoms with Crippen molar-refractivity contribution in [1.29, 1.82) is 0 Å². The Morgan fingerprint density at radius 3 is 1.63 bits per heavy atom. The minimum absolute atomic E-state index is 0.0427. The number of carbonyl (C=O) groups excluding carboxylic acids is 1. The van der Waals surface area contributed by atoms with Crippen LogP contribution in [0, 0.1) is 0 Å². The van der Waals surface area contributed by atoms with Gasteiger partial charge in [-0.3, -0.25) is 4.79 Å². The summed E-state index contributed by atoms with van der Waals surface area (Å²) in [6.07, 6.45) is 22.3. The zero-order chi connectivity index (χ0) is 21.9. The second-order valence-electron chi connectivity index (χ2n) is 8.90. The highest BCUT2D eigenvalue weighted by Crippen LogP contribution is 2.26. The molecule has 0 aromatic heterocycles. The minimum atomic E-state index is -0.281. The lowest BCUT2D eigenvalue weighted by Gasteiger charge is -2.16. The molecule has 0 heterocycles. The first-order valence-corrected chi connectivity index (χ1v) is 12.7. The molecule has 0 aliphatic rings. The number of carbonyl (C=O) groups is 1. The van der Waals surface area contributed by atoms with Gasteiger partial charge in [-0.25, -0.2) is 0 Å². The van der Waals surface area contributed by atoms with Crippen LogP contribution in [0.25, 0.3) is 0 Å². The lowest BCUT2D eigenvalue weighted by atomic mass is 9.89. The second kappa shape index (κ2) is 18.4. The predicted molar refractivity (Wildman–Crippen MR) is 128 cm³/mol. The molecule has 3 nitrogen and oxygen atoms in total. The van der Waals surface area contributed by atoms with E-state index in [1.807, 2.05) is 24.3 Å². The van der Waals surface area contributed by atoms with Crippen molar-refractivity contribution in [2.45, 2.75) is 129 Å². The Kier molecular flexibility index (Phi) is 16.4. The Morgan fingerprint density at radius 1 is 0.767 bits per heavy atom. The highest BCUT2D eigenvalue weighted by molar-refractivity contribution is 5.82. The third-order valence-corrected chi connectivity index (χ3v) is 6.29. The third kappa shape index (κ3) is 12.4. The average Bonchev–Trinajstić information content (AvgIpc) is 2.75. The van der Waals surface area contributed by atoms with Gasteiger partial charge in [0.25, 0.3) is 0 Å². The first-order chi connectivity index (χ1) is 14.7. The van der Waals surface area contributed by atoms with Crippen LogP contribution in [0.2, 0.25) is 0 Å². The summed E-state index contributed by atoms with van der Waals surface area (Å²) in [5.41, 5.74) is 7.35. The monoisotopic (exact) mass is 417 g/mol. The van der Waals surface area contributed by atoms with E-state index in [4.69, 9.17) is 5.73 Å². The number of primary amides is 1. The summed E-state index contributed by atoms with van der Waals surface area (Å²) < 4.78 is 0. The molecule has 172 valence electrons. The smallest absolute Gasteiger partial charge is 0.224 e. The van der Waals surface area contributed by atoms with E-state index < -0.39 is 0 Å². The van der Waals surface area contributed by atoms with Gasteiger partial charge < -0.3 is 10.8 Å². The quantitative estimate of drug-likeness (QED) is 0.217. The molecule has 3 heteroatoms. The molecule has 1 rings (SSSR count). The van der Waals surface area contributed by atoms with E-state index in [0.717, 1.165) is 30.4 Å². The van der Waals surface area contributed by atoms with Crippen molar-refractivity contribution in [3.05, 3.63) is 35.4 Å². The molecule has 3 N–H and O–H groups in total. The molecular formula is C27H47NO2. The molecule has 1 aromatic rings. The number of benzene rings is 1. The molecule has 1 atom stereocenters. The number of unbranched alkanes of at least 4 members (excludes halogenated alkanes) is 15. The van der Waals surface area contributed by atoms with E-state index in [-0.39, 0.29) is 18.4 Å². The number of aliphatic hydroxyl groups is 1. The zero-order valence-corrected chi connectivity index (χ0v) is 19.5. The van der Waals surface area contributed by atoms with Crippen molar-refractivity contribution in [2.24, 2.45) is 5.73 Å². The Morgan fingerprint density at radius 2 is 1.20 bits per heavy atom. The molecule has 1 aromatic carbocycles. The Hall–Kier alpha value is -1.35. The summed E-state index contributed by atoms with van der Waals surface area (Å²) in [7, 11) is 0. The number of amides is 1. The highest BCUT2D eigenvalue weighted by Gasteiger charge is 2.19. The lowest BCUT2D eigenvalue weighted by molar-refractivity contribution is -0.119. The van der Waals surface area contributed by atoms with Crippen LogP contribution in [-0.2, 0) is 11.4 Å². The fraction of sp³-hybridized carbons (Fsp3) is 0.741. The van der Waals surface area contributed by atoms with Gasteiger partial charge >= 0.3 is 0 Å². The van der Waals surface area contributed by atoms with Gasteiger partial charge in [0, 0.05) is 0 Å². The molecule has 0 aliphatic heterocycles. The summed E-state index contributed by atoms with van der Waals surface area (Å²) in [6, 6.07) is 7.60. The molecule has 0 aliphatic carbocycles. The average molecular weight is 418 g/mol. The number of hydrogen-bond acceptors (Lipinski definition) is 2. The molecule has 0 saturated heterocycles. The van der Waals surface area contributed by atoms with Gasteiger partial charge in [-0.15, -0.1) is 0 Å². The maximum Gasteiger partial charge on any atom is 0.224 e. The van der Waals surface area contributed by atoms with Gasteiger partial charge in [0.05, 0.1) is 12.5 Å². The van der Waals surface area contributed by atoms with Crippen molar-refractivity contribution in [3.8, 4) is 0 Å². The first kappa shape index (κ1) is 26.7. The van der Waals surface area contributed by atoms with Gasteiger partial charge in [0.15, 0.2) is 0 Å². The number of rotatable bonds is 20. The van der Waals surface area contributed by atoms with Gasteiger partial charge in [0.1, 0.15) is 0 Å². The Labute approximate surface area is 185 Å². The van der Waals surface area contributed by atoms with Crippen molar-refractivity contribution in [3.63, 3.8) is 0 Å².